The van der Waals surface area contributed by atoms with Gasteiger partial charge in [-0.05, 0) is 50.2 Å². The highest BCUT2D eigenvalue weighted by Gasteiger charge is 2.26. The van der Waals surface area contributed by atoms with Crippen LogP contribution < -0.4 is 9.46 Å². The van der Waals surface area contributed by atoms with Crippen LogP contribution in [0.1, 0.15) is 37.3 Å². The minimum atomic E-state index is -3.84. The van der Waals surface area contributed by atoms with Gasteiger partial charge in [0, 0.05) is 12.1 Å². The van der Waals surface area contributed by atoms with Crippen LogP contribution in [0.5, 0.6) is 5.75 Å². The normalized spacial score (nSPS) is 16.9. The second-order valence-electron chi connectivity index (χ2n) is 7.14. The third-order valence-electron chi connectivity index (χ3n) is 5.25. The molecule has 0 bridgehead atoms. The molecule has 0 aliphatic carbocycles. The van der Waals surface area contributed by atoms with E-state index >= 15 is 0 Å². The minimum absolute atomic E-state index is 0.0569. The summed E-state index contributed by atoms with van der Waals surface area (Å²) in [6.07, 6.45) is 4.50. The van der Waals surface area contributed by atoms with E-state index in [0.29, 0.717) is 0 Å². The largest absolute Gasteiger partial charge is 0.496 e. The monoisotopic (exact) mass is 440 g/mol. The molecule has 0 radical (unpaired) electrons. The molecule has 1 N–H and O–H groups in total. The summed E-state index contributed by atoms with van der Waals surface area (Å²) in [4.78, 5) is 2.25. The molecule has 29 heavy (non-hydrogen) atoms. The van der Waals surface area contributed by atoms with Crippen molar-refractivity contribution in [3.63, 3.8) is 0 Å². The van der Waals surface area contributed by atoms with Crippen LogP contribution in [0.4, 0.5) is 4.39 Å². The average Bonchev–Trinajstić information content (AvgIpc) is 3.00. The Kier molecular flexibility index (Phi) is 7.51. The van der Waals surface area contributed by atoms with Gasteiger partial charge in [-0.25, -0.2) is 17.5 Å². The average molecular weight is 441 g/mol. The van der Waals surface area contributed by atoms with E-state index in [1.165, 1.54) is 18.9 Å². The number of methoxy groups -OCH3 is 1. The number of likely N-dealkylation sites (tertiary alicyclic amines) is 1. The lowest BCUT2D eigenvalue weighted by molar-refractivity contribution is 0.202. The van der Waals surface area contributed by atoms with Crippen molar-refractivity contribution in [2.45, 2.75) is 36.6 Å². The summed E-state index contributed by atoms with van der Waals surface area (Å²) in [6, 6.07) is 10.9. The number of para-hydroxylation sites is 1. The standard InChI is InChI=1S/C21H26ClFN2O3S/c1-28-21-9-5-4-8-17(21)20(25-12-6-2-3-7-13-25)15-24-29(26,27)16-10-11-19(23)18(22)14-16/h4-5,8-11,14,20,24H,2-3,6-7,12-13,15H2,1H3. The van der Waals surface area contributed by atoms with Gasteiger partial charge in [-0.2, -0.15) is 0 Å². The fraction of sp³-hybridized carbons (Fsp3) is 0.429. The second kappa shape index (κ2) is 9.89. The Morgan fingerprint density at radius 3 is 2.48 bits per heavy atom. The Morgan fingerprint density at radius 1 is 1.14 bits per heavy atom. The van der Waals surface area contributed by atoms with Crippen LogP contribution in [0.25, 0.3) is 0 Å². The van der Waals surface area contributed by atoms with Crippen molar-refractivity contribution < 1.29 is 17.5 Å². The van der Waals surface area contributed by atoms with Crippen LogP contribution in [0.3, 0.4) is 0 Å². The molecule has 0 aromatic heterocycles. The highest BCUT2D eigenvalue weighted by Crippen LogP contribution is 2.31. The van der Waals surface area contributed by atoms with E-state index in [9.17, 15) is 12.8 Å². The van der Waals surface area contributed by atoms with Gasteiger partial charge in [0.2, 0.25) is 10.0 Å². The molecule has 0 amide bonds. The number of ether oxygens (including phenoxy) is 1. The number of hydrogen-bond donors (Lipinski definition) is 1. The minimum Gasteiger partial charge on any atom is -0.496 e. The highest BCUT2D eigenvalue weighted by atomic mass is 35.5. The summed E-state index contributed by atoms with van der Waals surface area (Å²) in [5.41, 5.74) is 0.941. The van der Waals surface area contributed by atoms with Crippen molar-refractivity contribution in [2.24, 2.45) is 0 Å². The van der Waals surface area contributed by atoms with Gasteiger partial charge in [0.15, 0.2) is 0 Å². The molecule has 1 atom stereocenters. The summed E-state index contributed by atoms with van der Waals surface area (Å²) in [7, 11) is -2.22. The quantitative estimate of drug-likeness (QED) is 0.694. The SMILES string of the molecule is COc1ccccc1C(CNS(=O)(=O)c1ccc(F)c(Cl)c1)N1CCCCCC1. The molecule has 1 aliphatic heterocycles. The molecule has 3 rings (SSSR count). The zero-order chi connectivity index (χ0) is 20.9. The molecule has 1 unspecified atom stereocenters. The summed E-state index contributed by atoms with van der Waals surface area (Å²) in [5.74, 6) is 0.0767. The number of rotatable bonds is 7. The molecule has 158 valence electrons. The fourth-order valence-corrected chi connectivity index (χ4v) is 5.01. The molecule has 8 heteroatoms. The molecule has 2 aromatic carbocycles. The van der Waals surface area contributed by atoms with E-state index in [2.05, 4.69) is 9.62 Å². The number of hydrogen-bond acceptors (Lipinski definition) is 4. The topological polar surface area (TPSA) is 58.6 Å². The first kappa shape index (κ1) is 22.0. The maximum atomic E-state index is 13.4. The van der Waals surface area contributed by atoms with E-state index in [1.807, 2.05) is 24.3 Å². The lowest BCUT2D eigenvalue weighted by Gasteiger charge is -2.32. The van der Waals surface area contributed by atoms with Gasteiger partial charge in [-0.3, -0.25) is 4.90 Å². The van der Waals surface area contributed by atoms with E-state index in [4.69, 9.17) is 16.3 Å². The molecule has 1 fully saturated rings. The van der Waals surface area contributed by atoms with Crippen LogP contribution in [0, 0.1) is 5.82 Å². The van der Waals surface area contributed by atoms with Crippen molar-refractivity contribution in [1.29, 1.82) is 0 Å². The zero-order valence-corrected chi connectivity index (χ0v) is 18.0. The third-order valence-corrected chi connectivity index (χ3v) is 6.96. The number of halogens is 2. The van der Waals surface area contributed by atoms with Crippen molar-refractivity contribution in [1.82, 2.24) is 9.62 Å². The lowest BCUT2D eigenvalue weighted by atomic mass is 10.0. The predicted octanol–water partition coefficient (Wildman–Crippen LogP) is 4.38. The maximum Gasteiger partial charge on any atom is 0.240 e. The zero-order valence-electron chi connectivity index (χ0n) is 16.4. The van der Waals surface area contributed by atoms with Gasteiger partial charge >= 0.3 is 0 Å². The van der Waals surface area contributed by atoms with Crippen molar-refractivity contribution in [2.75, 3.05) is 26.7 Å². The van der Waals surface area contributed by atoms with Crippen LogP contribution >= 0.6 is 11.6 Å². The van der Waals surface area contributed by atoms with E-state index in [0.717, 1.165) is 49.4 Å². The Hall–Kier alpha value is -1.67. The molecule has 5 nitrogen and oxygen atoms in total. The van der Waals surface area contributed by atoms with Crippen molar-refractivity contribution in [3.8, 4) is 5.75 Å². The molecule has 0 spiro atoms. The van der Waals surface area contributed by atoms with Gasteiger partial charge in [0.1, 0.15) is 11.6 Å². The summed E-state index contributed by atoms with van der Waals surface area (Å²) >= 11 is 5.77. The maximum absolute atomic E-state index is 13.4. The smallest absolute Gasteiger partial charge is 0.240 e. The second-order valence-corrected chi connectivity index (χ2v) is 9.31. The van der Waals surface area contributed by atoms with Crippen LogP contribution in [-0.4, -0.2) is 40.1 Å². The molecular formula is C21H26ClFN2O3S. The summed E-state index contributed by atoms with van der Waals surface area (Å²) < 4.78 is 47.2. The van der Waals surface area contributed by atoms with Gasteiger partial charge in [0.25, 0.3) is 0 Å². The molecule has 1 heterocycles. The predicted molar refractivity (Wildman–Crippen MR) is 112 cm³/mol. The van der Waals surface area contributed by atoms with E-state index in [-0.39, 0.29) is 22.5 Å². The van der Waals surface area contributed by atoms with E-state index in [1.54, 1.807) is 7.11 Å². The number of sulfonamides is 1. The first-order valence-electron chi connectivity index (χ1n) is 9.74. The van der Waals surface area contributed by atoms with Crippen LogP contribution in [-0.2, 0) is 10.0 Å². The first-order chi connectivity index (χ1) is 13.9. The number of nitrogens with zero attached hydrogens (tertiary/aromatic N) is 1. The van der Waals surface area contributed by atoms with Crippen molar-refractivity contribution in [3.05, 3.63) is 58.9 Å². The molecular weight excluding hydrogens is 415 g/mol. The lowest BCUT2D eigenvalue weighted by Crippen LogP contribution is -2.38. The molecule has 2 aromatic rings. The van der Waals surface area contributed by atoms with Gasteiger partial charge < -0.3 is 4.74 Å². The van der Waals surface area contributed by atoms with Crippen molar-refractivity contribution >= 4 is 21.6 Å². The molecule has 1 aliphatic rings. The summed E-state index contributed by atoms with van der Waals surface area (Å²) in [6.45, 7) is 1.97. The third kappa shape index (κ3) is 5.48. The van der Waals surface area contributed by atoms with Gasteiger partial charge in [-0.15, -0.1) is 0 Å². The fourth-order valence-electron chi connectivity index (χ4n) is 3.70. The summed E-state index contributed by atoms with van der Waals surface area (Å²) in [5, 5.41) is -0.221. The Morgan fingerprint density at radius 2 is 1.83 bits per heavy atom. The van der Waals surface area contributed by atoms with Crippen LogP contribution in [0.15, 0.2) is 47.4 Å². The Balaban J connectivity index is 1.87. The number of benzene rings is 2. The first-order valence-corrected chi connectivity index (χ1v) is 11.6. The Bertz CT molecular complexity index is 931. The van der Waals surface area contributed by atoms with Gasteiger partial charge in [0.05, 0.1) is 23.1 Å². The van der Waals surface area contributed by atoms with Gasteiger partial charge in [-0.1, -0.05) is 42.6 Å². The van der Waals surface area contributed by atoms with E-state index < -0.39 is 15.8 Å². The molecule has 1 saturated heterocycles. The Labute approximate surface area is 176 Å². The number of nitrogens with one attached hydrogen (secondary N) is 1. The molecule has 0 saturated carbocycles. The highest BCUT2D eigenvalue weighted by molar-refractivity contribution is 7.89. The van der Waals surface area contributed by atoms with Crippen LogP contribution in [0.2, 0.25) is 5.02 Å².